The zero-order chi connectivity index (χ0) is 14.0. The lowest BCUT2D eigenvalue weighted by Crippen LogP contribution is -1.98. The van der Waals surface area contributed by atoms with Crippen molar-refractivity contribution >= 4 is 11.3 Å². The second kappa shape index (κ2) is 5.71. The summed E-state index contributed by atoms with van der Waals surface area (Å²) in [6.07, 6.45) is 1.57. The Labute approximate surface area is 113 Å². The van der Waals surface area contributed by atoms with Crippen molar-refractivity contribution in [3.05, 3.63) is 40.2 Å². The third kappa shape index (κ3) is 2.79. The highest BCUT2D eigenvalue weighted by atomic mass is 32.1. The third-order valence-electron chi connectivity index (χ3n) is 2.67. The maximum Gasteiger partial charge on any atom is 0.139 e. The standard InChI is InChI=1S/C13H13F3N2S/c1-2-3-10-11(6-17)19-13(18-10)12-8(15)4-7(14)5-9(12)16/h4-5H,2-3,6,17H2,1H3. The largest absolute Gasteiger partial charge is 0.326 e. The van der Waals surface area contributed by atoms with Crippen molar-refractivity contribution in [2.45, 2.75) is 26.3 Å². The molecule has 19 heavy (non-hydrogen) atoms. The average Bonchev–Trinajstić information content (AvgIpc) is 2.71. The Hall–Kier alpha value is -1.40. The van der Waals surface area contributed by atoms with Gasteiger partial charge in [-0.15, -0.1) is 11.3 Å². The first kappa shape index (κ1) is 14.0. The molecule has 0 aliphatic rings. The first-order chi connectivity index (χ1) is 9.06. The molecule has 0 saturated heterocycles. The van der Waals surface area contributed by atoms with Crippen LogP contribution in [0.1, 0.15) is 23.9 Å². The van der Waals surface area contributed by atoms with E-state index in [9.17, 15) is 13.2 Å². The smallest absolute Gasteiger partial charge is 0.139 e. The van der Waals surface area contributed by atoms with Gasteiger partial charge in [-0.2, -0.15) is 0 Å². The predicted molar refractivity (Wildman–Crippen MR) is 69.3 cm³/mol. The number of thiazole rings is 1. The number of aryl methyl sites for hydroxylation is 1. The monoisotopic (exact) mass is 286 g/mol. The van der Waals surface area contributed by atoms with Crippen molar-refractivity contribution in [1.82, 2.24) is 4.98 Å². The number of nitrogens with zero attached hydrogens (tertiary/aromatic N) is 1. The van der Waals surface area contributed by atoms with Crippen LogP contribution in [0.2, 0.25) is 0 Å². The maximum atomic E-state index is 13.7. The normalized spacial score (nSPS) is 11.0. The van der Waals surface area contributed by atoms with Crippen LogP contribution in [0, 0.1) is 17.5 Å². The summed E-state index contributed by atoms with van der Waals surface area (Å²) in [4.78, 5) is 5.03. The number of nitrogens with two attached hydrogens (primary N) is 1. The molecule has 6 heteroatoms. The van der Waals surface area contributed by atoms with Crippen molar-refractivity contribution < 1.29 is 13.2 Å². The summed E-state index contributed by atoms with van der Waals surface area (Å²) < 4.78 is 40.2. The summed E-state index contributed by atoms with van der Waals surface area (Å²) in [6.45, 7) is 2.26. The molecule has 1 aromatic heterocycles. The Morgan fingerprint density at radius 3 is 2.37 bits per heavy atom. The molecule has 0 spiro atoms. The third-order valence-corrected chi connectivity index (χ3v) is 3.81. The Kier molecular flexibility index (Phi) is 4.21. The molecule has 0 saturated carbocycles. The lowest BCUT2D eigenvalue weighted by molar-refractivity contribution is 0.548. The number of hydrogen-bond acceptors (Lipinski definition) is 3. The van der Waals surface area contributed by atoms with Gasteiger partial charge in [0.25, 0.3) is 0 Å². The molecule has 2 rings (SSSR count). The molecule has 0 aliphatic carbocycles. The van der Waals surface area contributed by atoms with E-state index in [0.29, 0.717) is 18.6 Å². The minimum Gasteiger partial charge on any atom is -0.326 e. The van der Waals surface area contributed by atoms with Gasteiger partial charge in [-0.05, 0) is 6.42 Å². The fourth-order valence-corrected chi connectivity index (χ4v) is 2.86. The van der Waals surface area contributed by atoms with Crippen LogP contribution in [0.3, 0.4) is 0 Å². The molecule has 0 fully saturated rings. The van der Waals surface area contributed by atoms with Crippen LogP contribution < -0.4 is 5.73 Å². The van der Waals surface area contributed by atoms with E-state index in [1.165, 1.54) is 0 Å². The number of aromatic nitrogens is 1. The van der Waals surface area contributed by atoms with Crippen molar-refractivity contribution in [2.75, 3.05) is 0 Å². The van der Waals surface area contributed by atoms with Crippen LogP contribution in [-0.4, -0.2) is 4.98 Å². The van der Waals surface area contributed by atoms with E-state index in [1.807, 2.05) is 6.92 Å². The Balaban J connectivity index is 2.53. The first-order valence-corrected chi connectivity index (χ1v) is 6.72. The molecule has 0 bridgehead atoms. The number of halogens is 3. The van der Waals surface area contributed by atoms with Crippen LogP contribution in [0.25, 0.3) is 10.6 Å². The minimum atomic E-state index is -0.946. The van der Waals surface area contributed by atoms with Crippen LogP contribution in [-0.2, 0) is 13.0 Å². The van der Waals surface area contributed by atoms with Gasteiger partial charge in [0.05, 0.1) is 11.3 Å². The molecular weight excluding hydrogens is 273 g/mol. The Morgan fingerprint density at radius 1 is 1.21 bits per heavy atom. The van der Waals surface area contributed by atoms with E-state index in [-0.39, 0.29) is 17.1 Å². The van der Waals surface area contributed by atoms with Crippen molar-refractivity contribution in [1.29, 1.82) is 0 Å². The molecule has 1 aromatic carbocycles. The Morgan fingerprint density at radius 2 is 1.84 bits per heavy atom. The zero-order valence-electron chi connectivity index (χ0n) is 10.3. The van der Waals surface area contributed by atoms with Crippen molar-refractivity contribution in [3.63, 3.8) is 0 Å². The molecule has 0 atom stereocenters. The van der Waals surface area contributed by atoms with Gasteiger partial charge in [0.2, 0.25) is 0 Å². The van der Waals surface area contributed by atoms with Crippen LogP contribution in [0.4, 0.5) is 13.2 Å². The summed E-state index contributed by atoms with van der Waals surface area (Å²) >= 11 is 1.15. The summed E-state index contributed by atoms with van der Waals surface area (Å²) in [5.74, 6) is -2.83. The lowest BCUT2D eigenvalue weighted by Gasteiger charge is -2.01. The Bertz CT molecular complexity index is 573. The average molecular weight is 286 g/mol. The maximum absolute atomic E-state index is 13.7. The summed E-state index contributed by atoms with van der Waals surface area (Å²) in [5.41, 5.74) is 6.06. The highest BCUT2D eigenvalue weighted by Gasteiger charge is 2.19. The fourth-order valence-electron chi connectivity index (χ4n) is 1.83. The van der Waals surface area contributed by atoms with Gasteiger partial charge in [0, 0.05) is 23.6 Å². The molecule has 0 unspecified atom stereocenters. The van der Waals surface area contributed by atoms with E-state index in [0.717, 1.165) is 28.3 Å². The lowest BCUT2D eigenvalue weighted by atomic mass is 10.2. The van der Waals surface area contributed by atoms with Crippen molar-refractivity contribution in [2.24, 2.45) is 5.73 Å². The number of benzene rings is 1. The number of rotatable bonds is 4. The fraction of sp³-hybridized carbons (Fsp3) is 0.308. The van der Waals surface area contributed by atoms with Gasteiger partial charge in [-0.1, -0.05) is 13.3 Å². The van der Waals surface area contributed by atoms with E-state index < -0.39 is 17.5 Å². The van der Waals surface area contributed by atoms with Gasteiger partial charge >= 0.3 is 0 Å². The zero-order valence-corrected chi connectivity index (χ0v) is 11.2. The van der Waals surface area contributed by atoms with Crippen LogP contribution in [0.5, 0.6) is 0 Å². The van der Waals surface area contributed by atoms with E-state index in [2.05, 4.69) is 4.98 Å². The molecule has 2 aromatic rings. The second-order valence-corrected chi connectivity index (χ2v) is 5.17. The highest BCUT2D eigenvalue weighted by molar-refractivity contribution is 7.15. The van der Waals surface area contributed by atoms with Gasteiger partial charge in [0.1, 0.15) is 22.5 Å². The van der Waals surface area contributed by atoms with Gasteiger partial charge in [0.15, 0.2) is 0 Å². The molecule has 2 N–H and O–H groups in total. The van der Waals surface area contributed by atoms with Crippen LogP contribution in [0.15, 0.2) is 12.1 Å². The molecular formula is C13H13F3N2S. The second-order valence-electron chi connectivity index (χ2n) is 4.09. The number of hydrogen-bond donors (Lipinski definition) is 1. The van der Waals surface area contributed by atoms with Crippen LogP contribution >= 0.6 is 11.3 Å². The molecule has 0 radical (unpaired) electrons. The summed E-state index contributed by atoms with van der Waals surface area (Å²) in [7, 11) is 0. The van der Waals surface area contributed by atoms with Crippen molar-refractivity contribution in [3.8, 4) is 10.6 Å². The van der Waals surface area contributed by atoms with Gasteiger partial charge in [-0.3, -0.25) is 0 Å². The molecule has 2 nitrogen and oxygen atoms in total. The summed E-state index contributed by atoms with van der Waals surface area (Å²) in [6, 6.07) is 1.31. The molecule has 1 heterocycles. The van der Waals surface area contributed by atoms with Gasteiger partial charge in [-0.25, -0.2) is 18.2 Å². The van der Waals surface area contributed by atoms with E-state index >= 15 is 0 Å². The molecule has 102 valence electrons. The SMILES string of the molecule is CCCc1nc(-c2c(F)cc(F)cc2F)sc1CN. The van der Waals surface area contributed by atoms with E-state index in [1.54, 1.807) is 0 Å². The quantitative estimate of drug-likeness (QED) is 0.932. The predicted octanol–water partition coefficient (Wildman–Crippen LogP) is 3.64. The first-order valence-electron chi connectivity index (χ1n) is 5.90. The van der Waals surface area contributed by atoms with E-state index in [4.69, 9.17) is 5.73 Å². The highest BCUT2D eigenvalue weighted by Crippen LogP contribution is 2.32. The topological polar surface area (TPSA) is 38.9 Å². The molecule has 0 amide bonds. The van der Waals surface area contributed by atoms with Gasteiger partial charge < -0.3 is 5.73 Å². The molecule has 0 aliphatic heterocycles. The minimum absolute atomic E-state index is 0.207. The summed E-state index contributed by atoms with van der Waals surface area (Å²) in [5, 5.41) is 0.207.